The van der Waals surface area contributed by atoms with Crippen LogP contribution in [0.1, 0.15) is 17.0 Å². The summed E-state index contributed by atoms with van der Waals surface area (Å²) in [5, 5.41) is 8.08. The molecule has 0 atom stereocenters. The van der Waals surface area contributed by atoms with Crippen LogP contribution < -0.4 is 0 Å². The summed E-state index contributed by atoms with van der Waals surface area (Å²) in [6, 6.07) is 3.39. The molecule has 0 saturated carbocycles. The molecule has 0 unspecified atom stereocenters. The molecule has 0 radical (unpaired) electrons. The molecule has 2 aromatic heterocycles. The molecule has 0 aliphatic carbocycles. The van der Waals surface area contributed by atoms with Crippen LogP contribution in [0.25, 0.3) is 6.08 Å². The van der Waals surface area contributed by atoms with Gasteiger partial charge in [-0.1, -0.05) is 16.8 Å². The quantitative estimate of drug-likeness (QED) is 0.376. The molecule has 7 heteroatoms. The Labute approximate surface area is 120 Å². The van der Waals surface area contributed by atoms with Crippen LogP contribution in [0.5, 0.6) is 0 Å². The van der Waals surface area contributed by atoms with Gasteiger partial charge in [-0.25, -0.2) is 4.79 Å². The number of halogens is 1. The lowest BCUT2D eigenvalue weighted by molar-refractivity contribution is -0.137. The largest absolute Gasteiger partial charge is 0.463 e. The normalized spacial score (nSPS) is 11.6. The zero-order valence-electron chi connectivity index (χ0n) is 10.9. The fourth-order valence-electron chi connectivity index (χ4n) is 1.51. The molecule has 2 heterocycles. The van der Waals surface area contributed by atoms with Gasteiger partial charge in [-0.15, -0.1) is 0 Å². The minimum absolute atomic E-state index is 0.450. The van der Waals surface area contributed by atoms with Crippen LogP contribution in [0.15, 0.2) is 34.0 Å². The minimum Gasteiger partial charge on any atom is -0.463 e. The van der Waals surface area contributed by atoms with Crippen molar-refractivity contribution in [1.82, 2.24) is 9.78 Å². The van der Waals surface area contributed by atoms with E-state index in [1.165, 1.54) is 29.3 Å². The van der Waals surface area contributed by atoms with Gasteiger partial charge in [-0.2, -0.15) is 5.10 Å². The van der Waals surface area contributed by atoms with Crippen molar-refractivity contribution < 1.29 is 14.0 Å². The molecule has 0 aliphatic rings. The lowest BCUT2D eigenvalue weighted by Crippen LogP contribution is -1.94. The van der Waals surface area contributed by atoms with Crippen molar-refractivity contribution in [2.75, 3.05) is 0 Å². The van der Waals surface area contributed by atoms with Crippen molar-refractivity contribution in [3.8, 4) is 0 Å². The number of aryl methyl sites for hydroxylation is 2. The number of nitrogens with zero attached hydrogens (tertiary/aromatic N) is 3. The van der Waals surface area contributed by atoms with Gasteiger partial charge in [0.1, 0.15) is 17.1 Å². The third-order valence-electron chi connectivity index (χ3n) is 2.45. The second-order valence-electron chi connectivity index (χ2n) is 3.91. The summed E-state index contributed by atoms with van der Waals surface area (Å²) in [7, 11) is 1.72. The molecule has 0 aliphatic heterocycles. The van der Waals surface area contributed by atoms with E-state index >= 15 is 0 Å². The predicted molar refractivity (Wildman–Crippen MR) is 74.4 cm³/mol. The number of rotatable bonds is 4. The summed E-state index contributed by atoms with van der Waals surface area (Å²) in [5.41, 5.74) is 1.39. The minimum atomic E-state index is -0.618. The van der Waals surface area contributed by atoms with Gasteiger partial charge in [-0.05, 0) is 25.1 Å². The zero-order chi connectivity index (χ0) is 14.5. The molecule has 0 N–H and O–H groups in total. The third kappa shape index (κ3) is 3.36. The van der Waals surface area contributed by atoms with Gasteiger partial charge in [-0.3, -0.25) is 4.68 Å². The first kappa shape index (κ1) is 14.1. The summed E-state index contributed by atoms with van der Waals surface area (Å²) >= 11 is 6.02. The first-order chi connectivity index (χ1) is 9.58. The average molecular weight is 294 g/mol. The lowest BCUT2D eigenvalue weighted by atomic mass is 10.2. The van der Waals surface area contributed by atoms with E-state index in [-0.39, 0.29) is 0 Å². The Morgan fingerprint density at radius 3 is 3.00 bits per heavy atom. The maximum absolute atomic E-state index is 11.5. The Bertz CT molecular complexity index is 657. The highest BCUT2D eigenvalue weighted by Gasteiger charge is 2.08. The number of oxime groups is 1. The van der Waals surface area contributed by atoms with E-state index in [9.17, 15) is 4.79 Å². The van der Waals surface area contributed by atoms with Crippen molar-refractivity contribution in [3.05, 3.63) is 46.6 Å². The summed E-state index contributed by atoms with van der Waals surface area (Å²) in [6.45, 7) is 1.80. The maximum Gasteiger partial charge on any atom is 0.358 e. The van der Waals surface area contributed by atoms with Crippen molar-refractivity contribution in [2.24, 2.45) is 12.2 Å². The van der Waals surface area contributed by atoms with Gasteiger partial charge < -0.3 is 9.25 Å². The van der Waals surface area contributed by atoms with E-state index in [2.05, 4.69) is 15.1 Å². The molecule has 0 amide bonds. The van der Waals surface area contributed by atoms with Crippen LogP contribution >= 0.6 is 11.6 Å². The topological polar surface area (TPSA) is 69.6 Å². The van der Waals surface area contributed by atoms with Gasteiger partial charge in [0.15, 0.2) is 0 Å². The van der Waals surface area contributed by atoms with E-state index in [0.717, 1.165) is 5.69 Å². The van der Waals surface area contributed by atoms with Crippen LogP contribution in [0.3, 0.4) is 0 Å². The maximum atomic E-state index is 11.5. The van der Waals surface area contributed by atoms with Gasteiger partial charge in [0.2, 0.25) is 0 Å². The summed E-state index contributed by atoms with van der Waals surface area (Å²) in [4.78, 5) is 16.1. The zero-order valence-corrected chi connectivity index (χ0v) is 11.7. The van der Waals surface area contributed by atoms with E-state index in [4.69, 9.17) is 16.0 Å². The molecule has 20 heavy (non-hydrogen) atoms. The monoisotopic (exact) mass is 293 g/mol. The Morgan fingerprint density at radius 2 is 2.40 bits per heavy atom. The second-order valence-corrected chi connectivity index (χ2v) is 4.27. The van der Waals surface area contributed by atoms with Crippen LogP contribution in [-0.2, 0) is 16.7 Å². The first-order valence-corrected chi connectivity index (χ1v) is 6.10. The van der Waals surface area contributed by atoms with Crippen LogP contribution in [0.2, 0.25) is 5.15 Å². The number of aromatic nitrogens is 2. The highest BCUT2D eigenvalue weighted by atomic mass is 35.5. The number of carbonyl (C=O) groups excluding carboxylic acids is 1. The Morgan fingerprint density at radius 1 is 1.60 bits per heavy atom. The lowest BCUT2D eigenvalue weighted by Gasteiger charge is -1.92. The molecular weight excluding hydrogens is 282 g/mol. The van der Waals surface area contributed by atoms with E-state index in [1.54, 1.807) is 26.1 Å². The van der Waals surface area contributed by atoms with Crippen molar-refractivity contribution >= 4 is 29.9 Å². The average Bonchev–Trinajstić information content (AvgIpc) is 2.98. The fourth-order valence-corrected chi connectivity index (χ4v) is 1.75. The molecule has 0 spiro atoms. The third-order valence-corrected chi connectivity index (χ3v) is 2.90. The smallest absolute Gasteiger partial charge is 0.358 e. The van der Waals surface area contributed by atoms with Gasteiger partial charge in [0.05, 0.1) is 12.0 Å². The highest BCUT2D eigenvalue weighted by molar-refractivity contribution is 6.31. The molecule has 6 nitrogen and oxygen atoms in total. The van der Waals surface area contributed by atoms with E-state index in [1.807, 2.05) is 0 Å². The Hall–Kier alpha value is -2.34. The van der Waals surface area contributed by atoms with Crippen LogP contribution in [0, 0.1) is 6.92 Å². The number of carbonyl (C=O) groups is 1. The molecule has 2 aromatic rings. The first-order valence-electron chi connectivity index (χ1n) is 5.73. The SMILES string of the molecule is Cc1nn(C)c(Cl)c1/C=C/C(=O)O/N=C/c1ccco1. The number of hydrogen-bond acceptors (Lipinski definition) is 5. The Balaban J connectivity index is 1.96. The summed E-state index contributed by atoms with van der Waals surface area (Å²) in [6.07, 6.45) is 5.56. The number of furan rings is 1. The van der Waals surface area contributed by atoms with E-state index in [0.29, 0.717) is 16.5 Å². The van der Waals surface area contributed by atoms with Crippen LogP contribution in [0.4, 0.5) is 0 Å². The molecular formula is C13H12ClN3O3. The molecule has 0 bridgehead atoms. The highest BCUT2D eigenvalue weighted by Crippen LogP contribution is 2.19. The van der Waals surface area contributed by atoms with Crippen molar-refractivity contribution in [1.29, 1.82) is 0 Å². The van der Waals surface area contributed by atoms with E-state index < -0.39 is 5.97 Å². The predicted octanol–water partition coefficient (Wildman–Crippen LogP) is 2.57. The van der Waals surface area contributed by atoms with Crippen LogP contribution in [-0.4, -0.2) is 22.0 Å². The van der Waals surface area contributed by atoms with Crippen molar-refractivity contribution in [3.63, 3.8) is 0 Å². The molecule has 2 rings (SSSR count). The van der Waals surface area contributed by atoms with Gasteiger partial charge >= 0.3 is 5.97 Å². The van der Waals surface area contributed by atoms with Gasteiger partial charge in [0, 0.05) is 18.7 Å². The standard InChI is InChI=1S/C13H12ClN3O3/c1-9-11(13(14)17(2)16-9)5-6-12(18)20-15-8-10-4-3-7-19-10/h3-8H,1-2H3/b6-5+,15-8+. The summed E-state index contributed by atoms with van der Waals surface area (Å²) < 4.78 is 6.52. The van der Waals surface area contributed by atoms with Crippen molar-refractivity contribution in [2.45, 2.75) is 6.92 Å². The number of hydrogen-bond donors (Lipinski definition) is 0. The fraction of sp³-hybridized carbons (Fsp3) is 0.154. The molecule has 0 aromatic carbocycles. The summed E-state index contributed by atoms with van der Waals surface area (Å²) in [5.74, 6) is -0.125. The van der Waals surface area contributed by atoms with Gasteiger partial charge in [0.25, 0.3) is 0 Å². The molecule has 104 valence electrons. The molecule has 0 saturated heterocycles. The Kier molecular flexibility index (Phi) is 4.37. The molecule has 0 fully saturated rings. The second kappa shape index (κ2) is 6.21.